The molecule has 1 atom stereocenters. The van der Waals surface area contributed by atoms with Crippen molar-refractivity contribution in [1.29, 1.82) is 0 Å². The summed E-state index contributed by atoms with van der Waals surface area (Å²) in [4.78, 5) is 38.1. The molecule has 1 N–H and O–H groups in total. The molecular weight excluding hydrogens is 354 g/mol. The minimum absolute atomic E-state index is 0.0327. The van der Waals surface area contributed by atoms with Crippen molar-refractivity contribution in [3.05, 3.63) is 72.5 Å². The number of fused-ring (bicyclic) bond motifs is 1. The van der Waals surface area contributed by atoms with Gasteiger partial charge in [0.15, 0.2) is 5.78 Å². The molecule has 1 aromatic heterocycles. The second kappa shape index (κ2) is 5.99. The van der Waals surface area contributed by atoms with Gasteiger partial charge in [-0.3, -0.25) is 18.7 Å². The molecule has 1 unspecified atom stereocenters. The maximum atomic E-state index is 13.0. The molecule has 2 heterocycles. The SMILES string of the molecule is Cn1c2c(c(=O)n(C)c1=O)C(c1cccc(Cl)c1)C1=C(CCCC1=O)N2. The van der Waals surface area contributed by atoms with E-state index in [-0.39, 0.29) is 5.78 Å². The van der Waals surface area contributed by atoms with Crippen LogP contribution in [-0.4, -0.2) is 14.9 Å². The molecule has 2 aliphatic rings. The predicted molar refractivity (Wildman–Crippen MR) is 99.7 cm³/mol. The summed E-state index contributed by atoms with van der Waals surface area (Å²) >= 11 is 6.18. The lowest BCUT2D eigenvalue weighted by Crippen LogP contribution is -2.44. The highest BCUT2D eigenvalue weighted by Gasteiger charge is 2.38. The van der Waals surface area contributed by atoms with Crippen molar-refractivity contribution < 1.29 is 4.79 Å². The van der Waals surface area contributed by atoms with E-state index < -0.39 is 17.2 Å². The van der Waals surface area contributed by atoms with Crippen LogP contribution >= 0.6 is 11.6 Å². The lowest BCUT2D eigenvalue weighted by atomic mass is 9.76. The monoisotopic (exact) mass is 371 g/mol. The van der Waals surface area contributed by atoms with Crippen LogP contribution in [0, 0.1) is 0 Å². The molecule has 7 heteroatoms. The van der Waals surface area contributed by atoms with E-state index in [1.165, 1.54) is 11.6 Å². The van der Waals surface area contributed by atoms with Crippen LogP contribution in [0.25, 0.3) is 0 Å². The van der Waals surface area contributed by atoms with E-state index in [9.17, 15) is 14.4 Å². The summed E-state index contributed by atoms with van der Waals surface area (Å²) in [5.41, 5.74) is 1.79. The van der Waals surface area contributed by atoms with E-state index in [0.717, 1.165) is 22.2 Å². The Balaban J connectivity index is 2.10. The van der Waals surface area contributed by atoms with E-state index in [1.54, 1.807) is 25.2 Å². The maximum Gasteiger partial charge on any atom is 0.332 e. The molecule has 6 nitrogen and oxygen atoms in total. The van der Waals surface area contributed by atoms with Gasteiger partial charge in [0.2, 0.25) is 0 Å². The summed E-state index contributed by atoms with van der Waals surface area (Å²) in [7, 11) is 3.07. The number of hydrogen-bond acceptors (Lipinski definition) is 4. The van der Waals surface area contributed by atoms with Crippen LogP contribution in [0.3, 0.4) is 0 Å². The predicted octanol–water partition coefficient (Wildman–Crippen LogP) is 2.30. The molecule has 0 amide bonds. The zero-order valence-corrected chi connectivity index (χ0v) is 15.3. The zero-order valence-electron chi connectivity index (χ0n) is 14.5. The van der Waals surface area contributed by atoms with Crippen LogP contribution in [0.1, 0.15) is 36.3 Å². The largest absolute Gasteiger partial charge is 0.344 e. The summed E-state index contributed by atoms with van der Waals surface area (Å²) in [5, 5.41) is 3.73. The first-order chi connectivity index (χ1) is 12.4. The fourth-order valence-electron chi connectivity index (χ4n) is 3.92. The minimum Gasteiger partial charge on any atom is -0.344 e. The highest BCUT2D eigenvalue weighted by atomic mass is 35.5. The van der Waals surface area contributed by atoms with E-state index >= 15 is 0 Å². The Morgan fingerprint density at radius 2 is 1.88 bits per heavy atom. The number of anilines is 1. The van der Waals surface area contributed by atoms with Crippen molar-refractivity contribution >= 4 is 23.2 Å². The summed E-state index contributed by atoms with van der Waals surface area (Å²) in [6.07, 6.45) is 1.92. The van der Waals surface area contributed by atoms with Gasteiger partial charge < -0.3 is 5.32 Å². The van der Waals surface area contributed by atoms with Crippen LogP contribution in [0.5, 0.6) is 0 Å². The topological polar surface area (TPSA) is 73.1 Å². The molecule has 0 fully saturated rings. The molecule has 1 aliphatic heterocycles. The lowest BCUT2D eigenvalue weighted by molar-refractivity contribution is -0.116. The Labute approximate surface area is 154 Å². The molecule has 0 radical (unpaired) electrons. The van der Waals surface area contributed by atoms with Crippen molar-refractivity contribution in [3.63, 3.8) is 0 Å². The van der Waals surface area contributed by atoms with Crippen LogP contribution in [0.15, 0.2) is 45.1 Å². The molecule has 1 aliphatic carbocycles. The molecule has 0 saturated heterocycles. The van der Waals surface area contributed by atoms with Crippen LogP contribution in [0.2, 0.25) is 5.02 Å². The third-order valence-corrected chi connectivity index (χ3v) is 5.42. The molecule has 2 aromatic rings. The van der Waals surface area contributed by atoms with Crippen molar-refractivity contribution in [3.8, 4) is 0 Å². The molecule has 134 valence electrons. The number of carbonyl (C=O) groups is 1. The number of Topliss-reactive ketones (excluding diaryl/α,β-unsaturated/α-hetero) is 1. The second-order valence-electron chi connectivity index (χ2n) is 6.75. The zero-order chi connectivity index (χ0) is 18.6. The van der Waals surface area contributed by atoms with Crippen molar-refractivity contribution in [2.24, 2.45) is 14.1 Å². The van der Waals surface area contributed by atoms with Crippen LogP contribution < -0.4 is 16.6 Å². The van der Waals surface area contributed by atoms with Gasteiger partial charge in [0.05, 0.1) is 5.56 Å². The van der Waals surface area contributed by atoms with Gasteiger partial charge in [-0.25, -0.2) is 4.79 Å². The van der Waals surface area contributed by atoms with Crippen molar-refractivity contribution in [1.82, 2.24) is 9.13 Å². The summed E-state index contributed by atoms with van der Waals surface area (Å²) in [6, 6.07) is 7.20. The molecular formula is C19H18ClN3O3. The van der Waals surface area contributed by atoms with Gasteiger partial charge in [0.1, 0.15) is 5.82 Å². The molecule has 1 aromatic carbocycles. The fourth-order valence-corrected chi connectivity index (χ4v) is 4.12. The Bertz CT molecular complexity index is 1090. The number of ketones is 1. The normalized spacial score (nSPS) is 19.0. The molecule has 0 spiro atoms. The number of allylic oxidation sites excluding steroid dienone is 2. The summed E-state index contributed by atoms with van der Waals surface area (Å²) in [6.45, 7) is 0. The number of carbonyl (C=O) groups excluding carboxylic acids is 1. The van der Waals surface area contributed by atoms with Gasteiger partial charge >= 0.3 is 5.69 Å². The molecule has 26 heavy (non-hydrogen) atoms. The number of benzene rings is 1. The van der Waals surface area contributed by atoms with E-state index in [0.29, 0.717) is 34.8 Å². The van der Waals surface area contributed by atoms with Gasteiger partial charge in [-0.15, -0.1) is 0 Å². The number of nitrogens with one attached hydrogen (secondary N) is 1. The van der Waals surface area contributed by atoms with Crippen LogP contribution in [0.4, 0.5) is 5.82 Å². The average Bonchev–Trinajstić information content (AvgIpc) is 2.63. The molecule has 0 bridgehead atoms. The van der Waals surface area contributed by atoms with Gasteiger partial charge in [-0.1, -0.05) is 23.7 Å². The molecule has 0 saturated carbocycles. The van der Waals surface area contributed by atoms with Crippen LogP contribution in [-0.2, 0) is 18.9 Å². The summed E-state index contributed by atoms with van der Waals surface area (Å²) in [5.74, 6) is -0.0416. The van der Waals surface area contributed by atoms with Gasteiger partial charge in [-0.05, 0) is 30.5 Å². The minimum atomic E-state index is -0.529. The number of aromatic nitrogens is 2. The Hall–Kier alpha value is -2.60. The van der Waals surface area contributed by atoms with Gasteiger partial charge in [0.25, 0.3) is 5.56 Å². The lowest BCUT2D eigenvalue weighted by Gasteiger charge is -2.34. The number of halogens is 1. The molecule has 4 rings (SSSR count). The third-order valence-electron chi connectivity index (χ3n) is 5.18. The average molecular weight is 372 g/mol. The Morgan fingerprint density at radius 3 is 2.62 bits per heavy atom. The smallest absolute Gasteiger partial charge is 0.332 e. The highest BCUT2D eigenvalue weighted by molar-refractivity contribution is 6.30. The first kappa shape index (κ1) is 16.8. The first-order valence-corrected chi connectivity index (χ1v) is 8.86. The summed E-state index contributed by atoms with van der Waals surface area (Å²) < 4.78 is 2.51. The Kier molecular flexibility index (Phi) is 3.88. The fraction of sp³-hybridized carbons (Fsp3) is 0.316. The van der Waals surface area contributed by atoms with Gasteiger partial charge in [0, 0.05) is 42.7 Å². The quantitative estimate of drug-likeness (QED) is 0.834. The Morgan fingerprint density at radius 1 is 1.12 bits per heavy atom. The first-order valence-electron chi connectivity index (χ1n) is 8.48. The number of rotatable bonds is 1. The number of nitrogens with zero attached hydrogens (tertiary/aromatic N) is 2. The third kappa shape index (κ3) is 2.36. The van der Waals surface area contributed by atoms with Crippen molar-refractivity contribution in [2.75, 3.05) is 5.32 Å². The van der Waals surface area contributed by atoms with Gasteiger partial charge in [-0.2, -0.15) is 0 Å². The standard InChI is InChI=1S/C19H18ClN3O3/c1-22-17-16(18(25)23(2)19(22)26)14(10-5-3-6-11(20)9-10)15-12(21-17)7-4-8-13(15)24/h3,5-6,9,14,21H,4,7-8H2,1-2H3. The number of hydrogen-bond donors (Lipinski definition) is 1. The highest BCUT2D eigenvalue weighted by Crippen LogP contribution is 2.43. The van der Waals surface area contributed by atoms with E-state index in [2.05, 4.69) is 5.32 Å². The second-order valence-corrected chi connectivity index (χ2v) is 7.19. The van der Waals surface area contributed by atoms with E-state index in [4.69, 9.17) is 11.6 Å². The maximum absolute atomic E-state index is 13.0. The van der Waals surface area contributed by atoms with Crippen molar-refractivity contribution in [2.45, 2.75) is 25.2 Å². The van der Waals surface area contributed by atoms with E-state index in [1.807, 2.05) is 6.07 Å².